The zero-order valence-electron chi connectivity index (χ0n) is 19.0. The Morgan fingerprint density at radius 3 is 2.52 bits per heavy atom. The van der Waals surface area contributed by atoms with E-state index in [0.29, 0.717) is 17.2 Å². The topological polar surface area (TPSA) is 89.3 Å². The Morgan fingerprint density at radius 1 is 1.06 bits per heavy atom. The molecule has 33 heavy (non-hydrogen) atoms. The summed E-state index contributed by atoms with van der Waals surface area (Å²) in [7, 11) is 0. The van der Waals surface area contributed by atoms with E-state index in [-0.39, 0.29) is 19.1 Å². The van der Waals surface area contributed by atoms with Gasteiger partial charge in [0.25, 0.3) is 0 Å². The van der Waals surface area contributed by atoms with Gasteiger partial charge in [-0.2, -0.15) is 10.1 Å². The van der Waals surface area contributed by atoms with E-state index in [9.17, 15) is 9.59 Å². The maximum atomic E-state index is 13.1. The number of rotatable bonds is 7. The monoisotopic (exact) mass is 445 g/mol. The molecule has 3 aromatic rings. The second kappa shape index (κ2) is 9.68. The molecule has 2 aromatic carbocycles. The zero-order valence-corrected chi connectivity index (χ0v) is 19.0. The molecule has 4 rings (SSSR count). The number of allylic oxidation sites excluding steroid dienone is 1. The van der Waals surface area contributed by atoms with Crippen molar-refractivity contribution in [1.29, 1.82) is 0 Å². The lowest BCUT2D eigenvalue weighted by molar-refractivity contribution is -0.139. The first-order valence-electron chi connectivity index (χ1n) is 11.0. The highest BCUT2D eigenvalue weighted by Crippen LogP contribution is 2.38. The molecule has 170 valence electrons. The number of ether oxygens (including phenoxy) is 1. The lowest BCUT2D eigenvalue weighted by Gasteiger charge is -2.35. The number of nitrogens with one attached hydrogen (secondary N) is 1. The van der Waals surface area contributed by atoms with Crippen LogP contribution in [-0.4, -0.2) is 39.8 Å². The third kappa shape index (κ3) is 4.37. The quantitative estimate of drug-likeness (QED) is 0.558. The minimum Gasteiger partial charge on any atom is -0.463 e. The third-order valence-corrected chi connectivity index (χ3v) is 5.69. The third-order valence-electron chi connectivity index (χ3n) is 5.69. The van der Waals surface area contributed by atoms with Crippen molar-refractivity contribution < 1.29 is 14.3 Å². The van der Waals surface area contributed by atoms with E-state index < -0.39 is 12.0 Å². The molecule has 0 spiro atoms. The molecule has 8 heteroatoms. The summed E-state index contributed by atoms with van der Waals surface area (Å²) >= 11 is 0. The van der Waals surface area contributed by atoms with Gasteiger partial charge in [-0.25, -0.2) is 9.48 Å². The van der Waals surface area contributed by atoms with Crippen LogP contribution in [0.15, 0.2) is 72.2 Å². The number of benzene rings is 2. The molecule has 1 aliphatic heterocycles. The molecule has 2 heterocycles. The molecule has 1 atom stereocenters. The normalized spacial score (nSPS) is 15.2. The molecule has 0 unspecified atom stereocenters. The van der Waals surface area contributed by atoms with Gasteiger partial charge in [0.05, 0.1) is 12.2 Å². The Hall–Kier alpha value is -3.94. The predicted molar refractivity (Wildman–Crippen MR) is 126 cm³/mol. The first kappa shape index (κ1) is 22.3. The minimum atomic E-state index is -0.497. The van der Waals surface area contributed by atoms with Crippen LogP contribution in [0.1, 0.15) is 37.9 Å². The van der Waals surface area contributed by atoms with E-state index in [1.54, 1.807) is 16.5 Å². The van der Waals surface area contributed by atoms with Crippen molar-refractivity contribution in [3.05, 3.63) is 83.3 Å². The van der Waals surface area contributed by atoms with Crippen LogP contribution in [0.5, 0.6) is 0 Å². The summed E-state index contributed by atoms with van der Waals surface area (Å²) in [6, 6.07) is 16.8. The molecule has 0 saturated heterocycles. The number of nitrogens with zero attached hydrogens (tertiary/aromatic N) is 4. The Kier molecular flexibility index (Phi) is 6.53. The van der Waals surface area contributed by atoms with Crippen molar-refractivity contribution in [3.63, 3.8) is 0 Å². The number of hydrogen-bond donors (Lipinski definition) is 1. The summed E-state index contributed by atoms with van der Waals surface area (Å²) in [5, 5.41) is 7.39. The van der Waals surface area contributed by atoms with E-state index in [1.165, 1.54) is 6.33 Å². The fourth-order valence-electron chi connectivity index (χ4n) is 4.12. The highest BCUT2D eigenvalue weighted by Gasteiger charge is 2.38. The van der Waals surface area contributed by atoms with E-state index in [0.717, 1.165) is 23.2 Å². The molecule has 0 radical (unpaired) electrons. The lowest BCUT2D eigenvalue weighted by Crippen LogP contribution is -2.41. The van der Waals surface area contributed by atoms with Gasteiger partial charge >= 0.3 is 5.97 Å². The smallest absolute Gasteiger partial charge is 0.338 e. The molecule has 0 saturated carbocycles. The van der Waals surface area contributed by atoms with Crippen molar-refractivity contribution >= 4 is 23.5 Å². The highest BCUT2D eigenvalue weighted by atomic mass is 16.5. The number of aromatic nitrogens is 3. The number of carbonyl (C=O) groups is 2. The highest BCUT2D eigenvalue weighted by molar-refractivity contribution is 5.97. The number of carbonyl (C=O) groups excluding carboxylic acids is 2. The zero-order chi connectivity index (χ0) is 23.4. The van der Waals surface area contributed by atoms with Gasteiger partial charge in [0.1, 0.15) is 18.9 Å². The van der Waals surface area contributed by atoms with Crippen LogP contribution in [0.25, 0.3) is 0 Å². The number of hydrogen-bond acceptors (Lipinski definition) is 6. The molecule has 1 amide bonds. The van der Waals surface area contributed by atoms with Gasteiger partial charge in [-0.05, 0) is 37.5 Å². The summed E-state index contributed by atoms with van der Waals surface area (Å²) in [6.07, 6.45) is 2.24. The van der Waals surface area contributed by atoms with E-state index in [1.807, 2.05) is 68.4 Å². The van der Waals surface area contributed by atoms with Crippen molar-refractivity contribution in [2.75, 3.05) is 23.4 Å². The van der Waals surface area contributed by atoms with Crippen LogP contribution >= 0.6 is 0 Å². The summed E-state index contributed by atoms with van der Waals surface area (Å²) in [5.74, 6) is -0.161. The van der Waals surface area contributed by atoms with Gasteiger partial charge in [-0.3, -0.25) is 4.79 Å². The van der Waals surface area contributed by atoms with Crippen molar-refractivity contribution in [3.8, 4) is 0 Å². The van der Waals surface area contributed by atoms with Gasteiger partial charge in [0.15, 0.2) is 0 Å². The molecule has 0 bridgehead atoms. The molecule has 1 N–H and O–H groups in total. The number of aryl methyl sites for hydroxylation is 1. The van der Waals surface area contributed by atoms with Crippen LogP contribution in [0, 0.1) is 0 Å². The minimum absolute atomic E-state index is 0.0208. The standard InChI is InChI=1S/C25H27N5O3/c1-4-18-11-9-10-14-20(18)28-21(31)15-29-17(3)22(24(32)33-5-2)23(19-12-7-6-8-13-19)30-25(29)26-16-27-30/h6-14,16,23H,4-5,15H2,1-3H3,(H,28,31)/t23-/m0/s1. The fourth-order valence-corrected chi connectivity index (χ4v) is 4.12. The van der Waals surface area contributed by atoms with E-state index >= 15 is 0 Å². The first-order valence-corrected chi connectivity index (χ1v) is 11.0. The van der Waals surface area contributed by atoms with Crippen LogP contribution < -0.4 is 10.2 Å². The Bertz CT molecular complexity index is 1190. The van der Waals surface area contributed by atoms with Gasteiger partial charge in [-0.1, -0.05) is 55.5 Å². The Morgan fingerprint density at radius 2 is 1.79 bits per heavy atom. The van der Waals surface area contributed by atoms with Crippen molar-refractivity contribution in [1.82, 2.24) is 14.8 Å². The van der Waals surface area contributed by atoms with E-state index in [4.69, 9.17) is 4.74 Å². The summed E-state index contributed by atoms with van der Waals surface area (Å²) in [6.45, 7) is 5.85. The predicted octanol–water partition coefficient (Wildman–Crippen LogP) is 3.73. The van der Waals surface area contributed by atoms with Gasteiger partial charge in [0.2, 0.25) is 11.9 Å². The van der Waals surface area contributed by atoms with Gasteiger partial charge in [-0.15, -0.1) is 0 Å². The maximum Gasteiger partial charge on any atom is 0.338 e. The van der Waals surface area contributed by atoms with Gasteiger partial charge in [0, 0.05) is 11.4 Å². The lowest BCUT2D eigenvalue weighted by atomic mass is 9.95. The maximum absolute atomic E-state index is 13.1. The SMILES string of the molecule is CCOC(=O)C1=C(C)N(CC(=O)Nc2ccccc2CC)c2ncnn2[C@H]1c1ccccc1. The summed E-state index contributed by atoms with van der Waals surface area (Å²) in [5.41, 5.74) is 3.76. The molecule has 0 aliphatic carbocycles. The molecule has 0 fully saturated rings. The number of fused-ring (bicyclic) bond motifs is 1. The second-order valence-corrected chi connectivity index (χ2v) is 7.68. The number of amides is 1. The second-order valence-electron chi connectivity index (χ2n) is 7.68. The molecule has 8 nitrogen and oxygen atoms in total. The fraction of sp³-hybridized carbons (Fsp3) is 0.280. The molecular weight excluding hydrogens is 418 g/mol. The first-order chi connectivity index (χ1) is 16.0. The molecule has 1 aliphatic rings. The summed E-state index contributed by atoms with van der Waals surface area (Å²) < 4.78 is 7.06. The number of esters is 1. The van der Waals surface area contributed by atoms with Gasteiger partial charge < -0.3 is 15.0 Å². The number of anilines is 2. The average Bonchev–Trinajstić information content (AvgIpc) is 3.31. The molecule has 1 aromatic heterocycles. The van der Waals surface area contributed by atoms with Crippen molar-refractivity contribution in [2.24, 2.45) is 0 Å². The van der Waals surface area contributed by atoms with Crippen LogP contribution in [0.4, 0.5) is 11.6 Å². The number of para-hydroxylation sites is 1. The van der Waals surface area contributed by atoms with Crippen molar-refractivity contribution in [2.45, 2.75) is 33.2 Å². The van der Waals surface area contributed by atoms with Crippen LogP contribution in [-0.2, 0) is 20.7 Å². The Balaban J connectivity index is 1.72. The average molecular weight is 446 g/mol. The van der Waals surface area contributed by atoms with E-state index in [2.05, 4.69) is 15.4 Å². The summed E-state index contributed by atoms with van der Waals surface area (Å²) in [4.78, 5) is 32.2. The van der Waals surface area contributed by atoms with Crippen LogP contribution in [0.2, 0.25) is 0 Å². The Labute approximate surface area is 192 Å². The molecular formula is C25H27N5O3. The van der Waals surface area contributed by atoms with Crippen LogP contribution in [0.3, 0.4) is 0 Å². The largest absolute Gasteiger partial charge is 0.463 e.